The van der Waals surface area contributed by atoms with Crippen molar-refractivity contribution in [2.24, 2.45) is 5.92 Å². The van der Waals surface area contributed by atoms with E-state index in [2.05, 4.69) is 62.3 Å². The van der Waals surface area contributed by atoms with Gasteiger partial charge in [0, 0.05) is 24.5 Å². The molecule has 0 atom stereocenters. The van der Waals surface area contributed by atoms with Crippen LogP contribution in [0.15, 0.2) is 48.8 Å². The molecule has 0 bridgehead atoms. The second kappa shape index (κ2) is 5.50. The van der Waals surface area contributed by atoms with Crippen molar-refractivity contribution in [2.45, 2.75) is 26.8 Å². The van der Waals surface area contributed by atoms with Gasteiger partial charge in [0.1, 0.15) is 0 Å². The molecule has 0 saturated carbocycles. The van der Waals surface area contributed by atoms with Gasteiger partial charge in [-0.05, 0) is 36.6 Å². The van der Waals surface area contributed by atoms with Crippen molar-refractivity contribution >= 4 is 16.8 Å². The lowest BCUT2D eigenvalue weighted by molar-refractivity contribution is 0.528. The molecule has 4 rings (SSSR count). The summed E-state index contributed by atoms with van der Waals surface area (Å²) in [6, 6.07) is 12.4. The number of aryl methyl sites for hydroxylation is 1. The third kappa shape index (κ3) is 2.29. The van der Waals surface area contributed by atoms with Crippen LogP contribution in [0.2, 0.25) is 0 Å². The molecule has 0 saturated heterocycles. The van der Waals surface area contributed by atoms with E-state index in [4.69, 9.17) is 0 Å². The van der Waals surface area contributed by atoms with Gasteiger partial charge in [-0.15, -0.1) is 10.2 Å². The predicted octanol–water partition coefficient (Wildman–Crippen LogP) is 3.79. The zero-order valence-electron chi connectivity index (χ0n) is 13.3. The zero-order valence-corrected chi connectivity index (χ0v) is 13.3. The van der Waals surface area contributed by atoms with E-state index >= 15 is 0 Å². The van der Waals surface area contributed by atoms with Gasteiger partial charge in [-0.3, -0.25) is 9.38 Å². The van der Waals surface area contributed by atoms with Crippen LogP contribution in [0.5, 0.6) is 0 Å². The molecule has 0 radical (unpaired) electrons. The normalized spacial score (nSPS) is 11.8. The predicted molar refractivity (Wildman–Crippen MR) is 91.2 cm³/mol. The SMILES string of the molecule is CC(C)CCn1c2ccccc2n2c(-c3ccncc3)nnc12. The third-order valence-corrected chi connectivity index (χ3v) is 4.17. The van der Waals surface area contributed by atoms with E-state index < -0.39 is 0 Å². The maximum absolute atomic E-state index is 4.47. The Bertz CT molecular complexity index is 950. The van der Waals surface area contributed by atoms with Gasteiger partial charge in [0.05, 0.1) is 11.0 Å². The molecular weight excluding hydrogens is 286 g/mol. The zero-order chi connectivity index (χ0) is 15.8. The number of hydrogen-bond acceptors (Lipinski definition) is 3. The van der Waals surface area contributed by atoms with Crippen molar-refractivity contribution in [3.05, 3.63) is 48.8 Å². The largest absolute Gasteiger partial charge is 0.308 e. The minimum atomic E-state index is 0.652. The van der Waals surface area contributed by atoms with Gasteiger partial charge in [0.2, 0.25) is 5.78 Å². The smallest absolute Gasteiger partial charge is 0.236 e. The molecule has 0 unspecified atom stereocenters. The maximum atomic E-state index is 4.47. The summed E-state index contributed by atoms with van der Waals surface area (Å²) in [6.45, 7) is 5.44. The van der Waals surface area contributed by atoms with Crippen molar-refractivity contribution in [1.82, 2.24) is 24.1 Å². The molecule has 5 heteroatoms. The molecule has 0 N–H and O–H groups in total. The molecular formula is C18H19N5. The maximum Gasteiger partial charge on any atom is 0.236 e. The van der Waals surface area contributed by atoms with E-state index in [9.17, 15) is 0 Å². The first kappa shape index (κ1) is 13.9. The lowest BCUT2D eigenvalue weighted by Crippen LogP contribution is -2.02. The van der Waals surface area contributed by atoms with Gasteiger partial charge < -0.3 is 4.57 Å². The highest BCUT2D eigenvalue weighted by molar-refractivity contribution is 5.83. The summed E-state index contributed by atoms with van der Waals surface area (Å²) in [5.41, 5.74) is 3.37. The number of pyridine rings is 1. The monoisotopic (exact) mass is 305 g/mol. The van der Waals surface area contributed by atoms with Crippen LogP contribution in [0.25, 0.3) is 28.2 Å². The number of hydrogen-bond donors (Lipinski definition) is 0. The summed E-state index contributed by atoms with van der Waals surface area (Å²) >= 11 is 0. The Kier molecular flexibility index (Phi) is 3.33. The average Bonchev–Trinajstić information content (AvgIpc) is 3.12. The summed E-state index contributed by atoms with van der Waals surface area (Å²) in [4.78, 5) is 4.09. The molecule has 5 nitrogen and oxygen atoms in total. The second-order valence-electron chi connectivity index (χ2n) is 6.22. The minimum Gasteiger partial charge on any atom is -0.308 e. The number of imidazole rings is 1. The van der Waals surface area contributed by atoms with Crippen molar-refractivity contribution in [3.8, 4) is 11.4 Å². The first-order chi connectivity index (χ1) is 11.3. The Morgan fingerprint density at radius 2 is 1.70 bits per heavy atom. The lowest BCUT2D eigenvalue weighted by atomic mass is 10.1. The van der Waals surface area contributed by atoms with Gasteiger partial charge in [-0.25, -0.2) is 0 Å². The van der Waals surface area contributed by atoms with E-state index in [0.717, 1.165) is 35.6 Å². The van der Waals surface area contributed by atoms with E-state index in [-0.39, 0.29) is 0 Å². The molecule has 1 aromatic carbocycles. The van der Waals surface area contributed by atoms with Crippen LogP contribution >= 0.6 is 0 Å². The van der Waals surface area contributed by atoms with Crippen molar-refractivity contribution in [1.29, 1.82) is 0 Å². The van der Waals surface area contributed by atoms with Crippen LogP contribution in [0.4, 0.5) is 0 Å². The Labute approximate surface area is 134 Å². The Balaban J connectivity index is 1.97. The fourth-order valence-corrected chi connectivity index (χ4v) is 2.96. The van der Waals surface area contributed by atoms with E-state index in [1.807, 2.05) is 12.1 Å². The molecule has 116 valence electrons. The van der Waals surface area contributed by atoms with Crippen molar-refractivity contribution in [3.63, 3.8) is 0 Å². The molecule has 0 aliphatic heterocycles. The van der Waals surface area contributed by atoms with Gasteiger partial charge in [0.25, 0.3) is 0 Å². The summed E-state index contributed by atoms with van der Waals surface area (Å²) < 4.78 is 4.41. The summed E-state index contributed by atoms with van der Waals surface area (Å²) in [7, 11) is 0. The molecule has 3 aromatic heterocycles. The van der Waals surface area contributed by atoms with Gasteiger partial charge in [-0.1, -0.05) is 26.0 Å². The van der Waals surface area contributed by atoms with Gasteiger partial charge in [0.15, 0.2) is 5.82 Å². The summed E-state index contributed by atoms with van der Waals surface area (Å²) in [5, 5.41) is 8.89. The van der Waals surface area contributed by atoms with E-state index in [1.54, 1.807) is 12.4 Å². The van der Waals surface area contributed by atoms with Crippen LogP contribution in [-0.4, -0.2) is 24.1 Å². The fourth-order valence-electron chi connectivity index (χ4n) is 2.96. The van der Waals surface area contributed by atoms with Crippen LogP contribution in [0.3, 0.4) is 0 Å². The van der Waals surface area contributed by atoms with Crippen molar-refractivity contribution < 1.29 is 0 Å². The molecule has 23 heavy (non-hydrogen) atoms. The quantitative estimate of drug-likeness (QED) is 0.576. The second-order valence-corrected chi connectivity index (χ2v) is 6.22. The average molecular weight is 305 g/mol. The topological polar surface area (TPSA) is 48.0 Å². The number of para-hydroxylation sites is 2. The number of fused-ring (bicyclic) bond motifs is 3. The molecule has 0 aliphatic carbocycles. The number of nitrogens with zero attached hydrogens (tertiary/aromatic N) is 5. The molecule has 0 amide bonds. The van der Waals surface area contributed by atoms with Gasteiger partial charge >= 0.3 is 0 Å². The highest BCUT2D eigenvalue weighted by Gasteiger charge is 2.17. The Hall–Kier alpha value is -2.69. The van der Waals surface area contributed by atoms with Crippen LogP contribution in [-0.2, 0) is 6.54 Å². The van der Waals surface area contributed by atoms with Crippen LogP contribution < -0.4 is 0 Å². The minimum absolute atomic E-state index is 0.652. The molecule has 0 spiro atoms. The number of benzene rings is 1. The molecule has 3 heterocycles. The lowest BCUT2D eigenvalue weighted by Gasteiger charge is -2.06. The third-order valence-electron chi connectivity index (χ3n) is 4.17. The molecule has 0 fully saturated rings. The summed E-state index contributed by atoms with van der Waals surface area (Å²) in [6.07, 6.45) is 4.69. The van der Waals surface area contributed by atoms with E-state index in [1.165, 1.54) is 5.52 Å². The first-order valence-electron chi connectivity index (χ1n) is 7.98. The fraction of sp³-hybridized carbons (Fsp3) is 0.278. The van der Waals surface area contributed by atoms with Crippen LogP contribution in [0.1, 0.15) is 20.3 Å². The number of aromatic nitrogens is 5. The van der Waals surface area contributed by atoms with Gasteiger partial charge in [-0.2, -0.15) is 0 Å². The molecule has 0 aliphatic rings. The highest BCUT2D eigenvalue weighted by Crippen LogP contribution is 2.26. The van der Waals surface area contributed by atoms with Crippen LogP contribution in [0, 0.1) is 5.92 Å². The first-order valence-corrected chi connectivity index (χ1v) is 7.98. The highest BCUT2D eigenvalue weighted by atomic mass is 15.3. The number of rotatable bonds is 4. The van der Waals surface area contributed by atoms with E-state index in [0.29, 0.717) is 5.92 Å². The van der Waals surface area contributed by atoms with Crippen molar-refractivity contribution in [2.75, 3.05) is 0 Å². The standard InChI is InChI=1S/C18H19N5/c1-13(2)9-12-22-15-5-3-4-6-16(15)23-17(20-21-18(22)23)14-7-10-19-11-8-14/h3-8,10-11,13H,9,12H2,1-2H3. The Morgan fingerprint density at radius 1 is 0.957 bits per heavy atom. The molecule has 4 aromatic rings. The summed E-state index contributed by atoms with van der Waals surface area (Å²) in [5.74, 6) is 2.42. The Morgan fingerprint density at radius 3 is 2.43 bits per heavy atom.